The number of halogens is 1. The fraction of sp³-hybridized carbons (Fsp3) is 0.471. The second-order valence-electron chi connectivity index (χ2n) is 11.1. The molecular formula is C34H45ClN4S. The molecule has 2 aliphatic rings. The van der Waals surface area contributed by atoms with Gasteiger partial charge in [0.1, 0.15) is 16.0 Å². The van der Waals surface area contributed by atoms with Gasteiger partial charge in [0.25, 0.3) is 0 Å². The molecule has 4 nitrogen and oxygen atoms in total. The Balaban J connectivity index is 1.63. The average Bonchev–Trinajstić information content (AvgIpc) is 3.68. The molecule has 1 aliphatic heterocycles. The first-order valence-electron chi connectivity index (χ1n) is 14.9. The summed E-state index contributed by atoms with van der Waals surface area (Å²) in [6.07, 6.45) is 23.1. The zero-order valence-corrected chi connectivity index (χ0v) is 26.1. The minimum absolute atomic E-state index is 0.394. The number of aliphatic imine (C=N–C) groups is 1. The number of rotatable bonds is 13. The zero-order valence-electron chi connectivity index (χ0n) is 24.5. The average molecular weight is 577 g/mol. The fourth-order valence-corrected chi connectivity index (χ4v) is 7.13. The van der Waals surface area contributed by atoms with Gasteiger partial charge >= 0.3 is 0 Å². The Morgan fingerprint density at radius 1 is 1.23 bits per heavy atom. The molecule has 2 aromatic heterocycles. The molecule has 6 heteroatoms. The predicted octanol–water partition coefficient (Wildman–Crippen LogP) is 9.94. The number of hydrogen-bond donors (Lipinski definition) is 0. The van der Waals surface area contributed by atoms with E-state index < -0.39 is 0 Å². The van der Waals surface area contributed by atoms with Gasteiger partial charge < -0.3 is 4.57 Å². The van der Waals surface area contributed by atoms with Gasteiger partial charge in [0.05, 0.1) is 5.69 Å². The van der Waals surface area contributed by atoms with E-state index in [0.29, 0.717) is 17.1 Å². The van der Waals surface area contributed by atoms with Crippen molar-refractivity contribution in [2.45, 2.75) is 78.2 Å². The van der Waals surface area contributed by atoms with Crippen LogP contribution < -0.4 is 0 Å². The third kappa shape index (κ3) is 7.63. The molecule has 2 aromatic rings. The molecule has 0 radical (unpaired) electrons. The van der Waals surface area contributed by atoms with Gasteiger partial charge in [0.2, 0.25) is 0 Å². The molecule has 40 heavy (non-hydrogen) atoms. The lowest BCUT2D eigenvalue weighted by molar-refractivity contribution is 0.278. The molecule has 0 amide bonds. The summed E-state index contributed by atoms with van der Waals surface area (Å²) >= 11 is 8.34. The molecule has 2 atom stereocenters. The Morgan fingerprint density at radius 2 is 2.08 bits per heavy atom. The summed E-state index contributed by atoms with van der Waals surface area (Å²) in [5.41, 5.74) is 6.13. The van der Waals surface area contributed by atoms with Crippen molar-refractivity contribution in [2.24, 2.45) is 10.9 Å². The van der Waals surface area contributed by atoms with Crippen LogP contribution in [-0.4, -0.2) is 39.3 Å². The molecule has 4 rings (SSSR count). The first-order chi connectivity index (χ1) is 19.5. The normalized spacial score (nSPS) is 20.9. The van der Waals surface area contributed by atoms with E-state index >= 15 is 0 Å². The lowest BCUT2D eigenvalue weighted by Crippen LogP contribution is -2.32. The van der Waals surface area contributed by atoms with Crippen molar-refractivity contribution >= 4 is 40.0 Å². The maximum atomic E-state index is 6.64. The van der Waals surface area contributed by atoms with Crippen LogP contribution in [0.3, 0.4) is 0 Å². The van der Waals surface area contributed by atoms with Gasteiger partial charge in [-0.2, -0.15) is 0 Å². The van der Waals surface area contributed by atoms with Gasteiger partial charge in [0.15, 0.2) is 0 Å². The third-order valence-electron chi connectivity index (χ3n) is 7.92. The first kappa shape index (κ1) is 30.5. The van der Waals surface area contributed by atoms with Crippen molar-refractivity contribution in [1.29, 1.82) is 0 Å². The Bertz CT molecular complexity index is 1290. The van der Waals surface area contributed by atoms with Crippen molar-refractivity contribution in [3.8, 4) is 10.6 Å². The van der Waals surface area contributed by atoms with Gasteiger partial charge in [-0.15, -0.1) is 11.3 Å². The largest absolute Gasteiger partial charge is 0.329 e. The van der Waals surface area contributed by atoms with E-state index in [0.717, 1.165) is 66.3 Å². The molecule has 0 aromatic carbocycles. The molecule has 1 fully saturated rings. The van der Waals surface area contributed by atoms with E-state index in [9.17, 15) is 0 Å². The van der Waals surface area contributed by atoms with Gasteiger partial charge in [-0.05, 0) is 57.9 Å². The van der Waals surface area contributed by atoms with E-state index in [1.807, 2.05) is 18.2 Å². The number of thiazole rings is 1. The second kappa shape index (κ2) is 15.0. The molecule has 3 heterocycles. The summed E-state index contributed by atoms with van der Waals surface area (Å²) in [6, 6.07) is 0.394. The lowest BCUT2D eigenvalue weighted by Gasteiger charge is -2.29. The van der Waals surface area contributed by atoms with Crippen LogP contribution >= 0.6 is 22.9 Å². The topological polar surface area (TPSA) is 33.4 Å². The van der Waals surface area contributed by atoms with Crippen LogP contribution in [0.1, 0.15) is 83.0 Å². The molecule has 0 N–H and O–H groups in total. The molecule has 0 bridgehead atoms. The molecule has 0 spiro atoms. The summed E-state index contributed by atoms with van der Waals surface area (Å²) in [5.74, 6) is 1.57. The summed E-state index contributed by atoms with van der Waals surface area (Å²) in [7, 11) is 0. The molecule has 0 saturated heterocycles. The van der Waals surface area contributed by atoms with Crippen molar-refractivity contribution in [3.05, 3.63) is 77.5 Å². The Hall–Kier alpha value is -2.47. The highest BCUT2D eigenvalue weighted by molar-refractivity contribution is 7.13. The minimum Gasteiger partial charge on any atom is -0.329 e. The van der Waals surface area contributed by atoms with E-state index in [1.165, 1.54) is 37.9 Å². The number of allylic oxidation sites excluding steroid dienone is 5. The Morgan fingerprint density at radius 3 is 2.83 bits per heavy atom. The second-order valence-corrected chi connectivity index (χ2v) is 12.4. The summed E-state index contributed by atoms with van der Waals surface area (Å²) in [5, 5.41) is 3.84. The van der Waals surface area contributed by atoms with Gasteiger partial charge in [-0.1, -0.05) is 86.2 Å². The highest BCUT2D eigenvalue weighted by Gasteiger charge is 2.32. The van der Waals surface area contributed by atoms with Crippen molar-refractivity contribution in [2.75, 3.05) is 19.6 Å². The number of hydrogen-bond acceptors (Lipinski definition) is 4. The quantitative estimate of drug-likeness (QED) is 0.135. The number of nitrogens with zero attached hydrogens (tertiary/aromatic N) is 4. The fourth-order valence-electron chi connectivity index (χ4n) is 6.01. The molecule has 1 aliphatic carbocycles. The molecule has 2 unspecified atom stereocenters. The van der Waals surface area contributed by atoms with Gasteiger partial charge in [-0.25, -0.2) is 9.98 Å². The van der Waals surface area contributed by atoms with Crippen LogP contribution in [0.2, 0.25) is 0 Å². The van der Waals surface area contributed by atoms with Crippen LogP contribution in [0.4, 0.5) is 5.82 Å². The highest BCUT2D eigenvalue weighted by Crippen LogP contribution is 2.45. The monoisotopic (exact) mass is 576 g/mol. The Labute approximate surface area is 250 Å². The predicted molar refractivity (Wildman–Crippen MR) is 176 cm³/mol. The zero-order chi connectivity index (χ0) is 28.5. The van der Waals surface area contributed by atoms with E-state index in [1.54, 1.807) is 23.0 Å². The minimum atomic E-state index is 0.394. The van der Waals surface area contributed by atoms with E-state index in [4.69, 9.17) is 21.6 Å². The lowest BCUT2D eigenvalue weighted by atomic mass is 9.93. The molecular weight excluding hydrogens is 532 g/mol. The van der Waals surface area contributed by atoms with Crippen LogP contribution in [0, 0.1) is 5.92 Å². The Kier molecular flexibility index (Phi) is 11.4. The van der Waals surface area contributed by atoms with Crippen LogP contribution in [0.25, 0.3) is 16.6 Å². The van der Waals surface area contributed by atoms with Crippen molar-refractivity contribution < 1.29 is 0 Å². The summed E-state index contributed by atoms with van der Waals surface area (Å²) in [6.45, 7) is 18.0. The third-order valence-corrected chi connectivity index (χ3v) is 9.12. The van der Waals surface area contributed by atoms with Crippen LogP contribution in [0.5, 0.6) is 0 Å². The van der Waals surface area contributed by atoms with Gasteiger partial charge in [0, 0.05) is 54.7 Å². The molecule has 214 valence electrons. The smallest absolute Gasteiger partial charge is 0.142 e. The standard InChI is InChI=1S/C34H45ClN4S/c1-6-10-11-14-25(5)20-28-24-40-34(36-28)31-23-39(33(30(31)9-4)37-32(35)13-7-2)29-17-16-26(21-29)27-15-12-19-38(22-27)18-8-3/h6,9-11,14-15,23-24,26,29H,1,4,7-8,12-13,16-22H2,2-3,5H3/b11-10-,25-14+,37-32?. The van der Waals surface area contributed by atoms with Crippen LogP contribution in [0.15, 0.2) is 71.3 Å². The maximum Gasteiger partial charge on any atom is 0.142 e. The molecule has 1 saturated carbocycles. The van der Waals surface area contributed by atoms with Crippen LogP contribution in [-0.2, 0) is 6.42 Å². The van der Waals surface area contributed by atoms with Crippen molar-refractivity contribution in [3.63, 3.8) is 0 Å². The van der Waals surface area contributed by atoms with Crippen molar-refractivity contribution in [1.82, 2.24) is 14.5 Å². The summed E-state index contributed by atoms with van der Waals surface area (Å²) < 4.78 is 2.39. The van der Waals surface area contributed by atoms with Gasteiger partial charge in [-0.3, -0.25) is 4.90 Å². The highest BCUT2D eigenvalue weighted by atomic mass is 35.5. The maximum absolute atomic E-state index is 6.64. The summed E-state index contributed by atoms with van der Waals surface area (Å²) in [4.78, 5) is 12.7. The SMILES string of the molecule is C=C/C=C\C=C(/C)Cc1csc(-c2cn(C3CCC(C4=CCCN(CCC)C4)C3)c(N=C(Cl)CCC)c2C=C)n1. The van der Waals surface area contributed by atoms with E-state index in [-0.39, 0.29) is 0 Å². The number of aromatic nitrogens is 2. The first-order valence-corrected chi connectivity index (χ1v) is 16.1. The van der Waals surface area contributed by atoms with E-state index in [2.05, 4.69) is 67.1 Å².